The summed E-state index contributed by atoms with van der Waals surface area (Å²) < 4.78 is 52.7. The predicted molar refractivity (Wildman–Crippen MR) is 67.2 cm³/mol. The summed E-state index contributed by atoms with van der Waals surface area (Å²) in [7, 11) is -3.89. The molecule has 1 saturated heterocycles. The van der Waals surface area contributed by atoms with Crippen LogP contribution in [-0.2, 0) is 10.0 Å². The molecule has 1 unspecified atom stereocenters. The molecule has 19 heavy (non-hydrogen) atoms. The quantitative estimate of drug-likeness (QED) is 0.884. The fraction of sp³-hybridized carbons (Fsp3) is 0.500. The second-order valence-corrected chi connectivity index (χ2v) is 6.34. The fourth-order valence-corrected chi connectivity index (χ4v) is 3.40. The van der Waals surface area contributed by atoms with E-state index in [1.54, 1.807) is 0 Å². The summed E-state index contributed by atoms with van der Waals surface area (Å²) in [6.45, 7) is 1.38. The average Bonchev–Trinajstić information content (AvgIpc) is 2.55. The van der Waals surface area contributed by atoms with Crippen LogP contribution in [0.2, 0.25) is 0 Å². The van der Waals surface area contributed by atoms with Gasteiger partial charge >= 0.3 is 0 Å². The number of nitrogens with one attached hydrogen (secondary N) is 2. The zero-order valence-electron chi connectivity index (χ0n) is 10.3. The molecule has 0 spiro atoms. The molecule has 0 bridgehead atoms. The Morgan fingerprint density at radius 2 is 1.84 bits per heavy atom. The summed E-state index contributed by atoms with van der Waals surface area (Å²) in [5, 5.41) is 3.12. The van der Waals surface area contributed by atoms with E-state index in [0.717, 1.165) is 31.5 Å². The predicted octanol–water partition coefficient (Wildman–Crippen LogP) is 1.39. The first-order valence-electron chi connectivity index (χ1n) is 6.16. The molecule has 1 fully saturated rings. The van der Waals surface area contributed by atoms with Crippen molar-refractivity contribution < 1.29 is 17.2 Å². The molecule has 2 N–H and O–H groups in total. The van der Waals surface area contributed by atoms with E-state index in [4.69, 9.17) is 0 Å². The van der Waals surface area contributed by atoms with Crippen LogP contribution >= 0.6 is 0 Å². The summed E-state index contributed by atoms with van der Waals surface area (Å²) in [5.41, 5.74) is 0. The second-order valence-electron chi connectivity index (χ2n) is 4.62. The van der Waals surface area contributed by atoms with E-state index in [1.807, 2.05) is 0 Å². The highest BCUT2D eigenvalue weighted by Crippen LogP contribution is 2.15. The molecule has 0 saturated carbocycles. The van der Waals surface area contributed by atoms with E-state index >= 15 is 0 Å². The maximum absolute atomic E-state index is 13.1. The van der Waals surface area contributed by atoms with Crippen LogP contribution in [-0.4, -0.2) is 27.5 Å². The number of hydrogen-bond acceptors (Lipinski definition) is 3. The highest BCUT2D eigenvalue weighted by Gasteiger charge is 2.22. The molecule has 1 heterocycles. The van der Waals surface area contributed by atoms with Crippen molar-refractivity contribution in [3.05, 3.63) is 29.8 Å². The van der Waals surface area contributed by atoms with Crippen LogP contribution in [0.5, 0.6) is 0 Å². The largest absolute Gasteiger partial charge is 0.315 e. The topological polar surface area (TPSA) is 58.2 Å². The van der Waals surface area contributed by atoms with E-state index in [9.17, 15) is 17.2 Å². The minimum Gasteiger partial charge on any atom is -0.315 e. The zero-order chi connectivity index (χ0) is 13.9. The summed E-state index contributed by atoms with van der Waals surface area (Å²) in [6.07, 6.45) is 2.62. The molecule has 1 aliphatic heterocycles. The van der Waals surface area contributed by atoms with Gasteiger partial charge in [0.2, 0.25) is 10.0 Å². The molecule has 1 aromatic rings. The van der Waals surface area contributed by atoms with Crippen molar-refractivity contribution in [2.24, 2.45) is 0 Å². The Morgan fingerprint density at radius 3 is 2.53 bits per heavy atom. The smallest absolute Gasteiger partial charge is 0.241 e. The van der Waals surface area contributed by atoms with Crippen molar-refractivity contribution >= 4 is 10.0 Å². The normalized spacial score (nSPS) is 21.1. The van der Waals surface area contributed by atoms with Gasteiger partial charge in [-0.15, -0.1) is 0 Å². The van der Waals surface area contributed by atoms with Crippen LogP contribution in [0.25, 0.3) is 0 Å². The number of halogens is 2. The van der Waals surface area contributed by atoms with E-state index < -0.39 is 21.7 Å². The first kappa shape index (κ1) is 14.4. The SMILES string of the molecule is O=S(=O)(NC1CCCCNC1)c1cc(F)cc(F)c1. The van der Waals surface area contributed by atoms with Crippen molar-refractivity contribution in [3.63, 3.8) is 0 Å². The van der Waals surface area contributed by atoms with Crippen molar-refractivity contribution in [2.45, 2.75) is 30.2 Å². The minimum absolute atomic E-state index is 0.251. The van der Waals surface area contributed by atoms with E-state index in [-0.39, 0.29) is 10.9 Å². The average molecular weight is 290 g/mol. The number of sulfonamides is 1. The van der Waals surface area contributed by atoms with Gasteiger partial charge in [0, 0.05) is 18.7 Å². The molecule has 1 atom stereocenters. The van der Waals surface area contributed by atoms with Gasteiger partial charge in [-0.05, 0) is 31.5 Å². The molecule has 0 aromatic heterocycles. The lowest BCUT2D eigenvalue weighted by Crippen LogP contribution is -2.40. The molecular formula is C12H16F2N2O2S. The van der Waals surface area contributed by atoms with Crippen LogP contribution in [0.1, 0.15) is 19.3 Å². The minimum atomic E-state index is -3.89. The Labute approximate surface area is 111 Å². The molecule has 0 amide bonds. The van der Waals surface area contributed by atoms with Gasteiger partial charge in [-0.1, -0.05) is 6.42 Å². The van der Waals surface area contributed by atoms with Gasteiger partial charge in [0.05, 0.1) is 4.90 Å². The summed E-state index contributed by atoms with van der Waals surface area (Å²) in [6, 6.07) is 2.02. The van der Waals surface area contributed by atoms with Crippen molar-refractivity contribution in [2.75, 3.05) is 13.1 Å². The van der Waals surface area contributed by atoms with E-state index in [0.29, 0.717) is 19.0 Å². The van der Waals surface area contributed by atoms with Gasteiger partial charge in [0.1, 0.15) is 11.6 Å². The zero-order valence-corrected chi connectivity index (χ0v) is 11.1. The van der Waals surface area contributed by atoms with Crippen molar-refractivity contribution in [1.82, 2.24) is 10.0 Å². The third kappa shape index (κ3) is 3.95. The van der Waals surface area contributed by atoms with Crippen LogP contribution in [0.15, 0.2) is 23.1 Å². The van der Waals surface area contributed by atoms with Gasteiger partial charge < -0.3 is 5.32 Å². The van der Waals surface area contributed by atoms with Gasteiger partial charge in [-0.3, -0.25) is 0 Å². The Kier molecular flexibility index (Phi) is 4.49. The summed E-state index contributed by atoms with van der Waals surface area (Å²) >= 11 is 0. The molecular weight excluding hydrogens is 274 g/mol. The highest BCUT2D eigenvalue weighted by atomic mass is 32.2. The maximum atomic E-state index is 13.1. The highest BCUT2D eigenvalue weighted by molar-refractivity contribution is 7.89. The third-order valence-electron chi connectivity index (χ3n) is 3.02. The van der Waals surface area contributed by atoms with Crippen molar-refractivity contribution in [3.8, 4) is 0 Å². The summed E-state index contributed by atoms with van der Waals surface area (Å²) in [5.74, 6) is -1.81. The Balaban J connectivity index is 2.17. The van der Waals surface area contributed by atoms with Gasteiger partial charge in [-0.25, -0.2) is 21.9 Å². The van der Waals surface area contributed by atoms with Crippen LogP contribution < -0.4 is 10.0 Å². The molecule has 2 rings (SSSR count). The lowest BCUT2D eigenvalue weighted by atomic mass is 10.2. The van der Waals surface area contributed by atoms with Crippen molar-refractivity contribution in [1.29, 1.82) is 0 Å². The Bertz CT molecular complexity index is 520. The monoisotopic (exact) mass is 290 g/mol. The van der Waals surface area contributed by atoms with Crippen LogP contribution in [0, 0.1) is 11.6 Å². The lowest BCUT2D eigenvalue weighted by Gasteiger charge is -2.16. The fourth-order valence-electron chi connectivity index (χ4n) is 2.09. The van der Waals surface area contributed by atoms with Gasteiger partial charge in [0.15, 0.2) is 0 Å². The molecule has 0 radical (unpaired) electrons. The second kappa shape index (κ2) is 5.94. The van der Waals surface area contributed by atoms with Gasteiger partial charge in [-0.2, -0.15) is 0 Å². The van der Waals surface area contributed by atoms with Crippen LogP contribution in [0.4, 0.5) is 8.78 Å². The summed E-state index contributed by atoms with van der Waals surface area (Å²) in [4.78, 5) is -0.380. The molecule has 1 aliphatic rings. The maximum Gasteiger partial charge on any atom is 0.241 e. The number of benzene rings is 1. The standard InChI is InChI=1S/C12H16F2N2O2S/c13-9-5-10(14)7-12(6-9)19(17,18)16-11-3-1-2-4-15-8-11/h5-7,11,15-16H,1-4,8H2. The Hall–Kier alpha value is -1.05. The lowest BCUT2D eigenvalue weighted by molar-refractivity contribution is 0.518. The molecule has 0 aliphatic carbocycles. The Morgan fingerprint density at radius 1 is 1.16 bits per heavy atom. The van der Waals surface area contributed by atoms with Crippen LogP contribution in [0.3, 0.4) is 0 Å². The van der Waals surface area contributed by atoms with E-state index in [1.165, 1.54) is 0 Å². The third-order valence-corrected chi connectivity index (χ3v) is 4.52. The number of hydrogen-bond donors (Lipinski definition) is 2. The van der Waals surface area contributed by atoms with Gasteiger partial charge in [0.25, 0.3) is 0 Å². The molecule has 1 aromatic carbocycles. The first-order chi connectivity index (χ1) is 8.97. The number of rotatable bonds is 3. The molecule has 106 valence electrons. The molecule has 4 nitrogen and oxygen atoms in total. The van der Waals surface area contributed by atoms with E-state index in [2.05, 4.69) is 10.0 Å². The molecule has 7 heteroatoms. The first-order valence-corrected chi connectivity index (χ1v) is 7.65.